The second kappa shape index (κ2) is 6.46. The quantitative estimate of drug-likeness (QED) is 0.913. The number of pyridine rings is 1. The van der Waals surface area contributed by atoms with Gasteiger partial charge in [0.1, 0.15) is 6.10 Å². The third-order valence-electron chi connectivity index (χ3n) is 4.52. The highest BCUT2D eigenvalue weighted by Gasteiger charge is 2.32. The van der Waals surface area contributed by atoms with Gasteiger partial charge in [0.05, 0.1) is 11.3 Å². The largest absolute Gasteiger partial charge is 0.478 e. The van der Waals surface area contributed by atoms with Gasteiger partial charge in [0, 0.05) is 6.07 Å². The van der Waals surface area contributed by atoms with Crippen molar-refractivity contribution >= 4 is 5.97 Å². The maximum absolute atomic E-state index is 11.0. The van der Waals surface area contributed by atoms with Crippen LogP contribution >= 0.6 is 0 Å². The van der Waals surface area contributed by atoms with Crippen LogP contribution in [0.1, 0.15) is 56.1 Å². The van der Waals surface area contributed by atoms with Crippen LogP contribution in [0.4, 0.5) is 0 Å². The zero-order valence-corrected chi connectivity index (χ0v) is 13.3. The minimum absolute atomic E-state index is 0.177. The minimum Gasteiger partial charge on any atom is -0.478 e. The summed E-state index contributed by atoms with van der Waals surface area (Å²) in [7, 11) is 0. The molecule has 3 unspecified atom stereocenters. The van der Waals surface area contributed by atoms with E-state index in [1.807, 2.05) is 0 Å². The molecule has 1 saturated carbocycles. The van der Waals surface area contributed by atoms with Gasteiger partial charge in [0.15, 0.2) is 0 Å². The average Bonchev–Trinajstić information content (AvgIpc) is 2.37. The van der Waals surface area contributed by atoms with E-state index in [0.717, 1.165) is 6.42 Å². The lowest BCUT2D eigenvalue weighted by molar-refractivity contribution is 0.0425. The predicted octanol–water partition coefficient (Wildman–Crippen LogP) is 3.93. The molecule has 0 bridgehead atoms. The number of rotatable bonds is 4. The van der Waals surface area contributed by atoms with Gasteiger partial charge in [-0.1, -0.05) is 27.2 Å². The second-order valence-corrected chi connectivity index (χ2v) is 6.57. The van der Waals surface area contributed by atoms with Crippen LogP contribution in [0.3, 0.4) is 0 Å². The van der Waals surface area contributed by atoms with E-state index in [1.54, 1.807) is 19.1 Å². The van der Waals surface area contributed by atoms with Crippen molar-refractivity contribution in [3.8, 4) is 5.88 Å². The summed E-state index contributed by atoms with van der Waals surface area (Å²) in [6.45, 7) is 8.45. The topological polar surface area (TPSA) is 59.4 Å². The van der Waals surface area contributed by atoms with E-state index >= 15 is 0 Å². The van der Waals surface area contributed by atoms with E-state index < -0.39 is 5.97 Å². The monoisotopic (exact) mass is 291 g/mol. The number of aromatic carboxylic acids is 1. The van der Waals surface area contributed by atoms with E-state index in [1.165, 1.54) is 12.8 Å². The van der Waals surface area contributed by atoms with Crippen LogP contribution in [0, 0.1) is 24.7 Å². The van der Waals surface area contributed by atoms with E-state index in [2.05, 4.69) is 25.8 Å². The number of ether oxygens (including phenoxy) is 1. The van der Waals surface area contributed by atoms with Gasteiger partial charge in [-0.15, -0.1) is 0 Å². The van der Waals surface area contributed by atoms with Crippen molar-refractivity contribution in [1.29, 1.82) is 0 Å². The summed E-state index contributed by atoms with van der Waals surface area (Å²) in [6.07, 6.45) is 3.67. The minimum atomic E-state index is -0.946. The highest BCUT2D eigenvalue weighted by atomic mass is 16.5. The van der Waals surface area contributed by atoms with Crippen LogP contribution in [-0.2, 0) is 0 Å². The summed E-state index contributed by atoms with van der Waals surface area (Å²) in [4.78, 5) is 15.3. The lowest BCUT2D eigenvalue weighted by atomic mass is 9.75. The maximum atomic E-state index is 11.0. The van der Waals surface area contributed by atoms with Gasteiger partial charge in [0.2, 0.25) is 5.88 Å². The van der Waals surface area contributed by atoms with Crippen LogP contribution in [0.25, 0.3) is 0 Å². The number of hydrogen-bond donors (Lipinski definition) is 1. The van der Waals surface area contributed by atoms with Gasteiger partial charge in [-0.05, 0) is 43.6 Å². The lowest BCUT2D eigenvalue weighted by Crippen LogP contribution is -2.36. The number of nitrogens with zero attached hydrogens (tertiary/aromatic N) is 1. The second-order valence-electron chi connectivity index (χ2n) is 6.57. The van der Waals surface area contributed by atoms with Crippen molar-refractivity contribution in [3.05, 3.63) is 23.4 Å². The molecule has 1 aromatic rings. The average molecular weight is 291 g/mol. The Balaban J connectivity index is 2.15. The van der Waals surface area contributed by atoms with Crippen LogP contribution in [0.15, 0.2) is 12.1 Å². The van der Waals surface area contributed by atoms with Crippen LogP contribution in [-0.4, -0.2) is 22.2 Å². The molecule has 3 atom stereocenters. The zero-order valence-electron chi connectivity index (χ0n) is 13.3. The molecule has 0 aromatic carbocycles. The molecule has 0 aliphatic heterocycles. The molecule has 0 saturated heterocycles. The molecule has 0 amide bonds. The molecule has 2 rings (SSSR count). The molecule has 4 heteroatoms. The standard InChI is InChI=1S/C17H25NO3/c1-10(2)13-6-5-11(3)9-15(13)21-16-8-7-14(17(19)20)12(4)18-16/h7-8,10-11,13,15H,5-6,9H2,1-4H3,(H,19,20). The number of carboxylic acids is 1. The summed E-state index contributed by atoms with van der Waals surface area (Å²) >= 11 is 0. The van der Waals surface area contributed by atoms with Gasteiger partial charge in [-0.25, -0.2) is 9.78 Å². The van der Waals surface area contributed by atoms with Gasteiger partial charge in [-0.3, -0.25) is 0 Å². The number of carboxylic acid groups (broad SMARTS) is 1. The third kappa shape index (κ3) is 3.74. The third-order valence-corrected chi connectivity index (χ3v) is 4.52. The van der Waals surface area contributed by atoms with Crippen molar-refractivity contribution in [2.75, 3.05) is 0 Å². The van der Waals surface area contributed by atoms with Gasteiger partial charge in [-0.2, -0.15) is 0 Å². The molecular formula is C17H25NO3. The molecule has 0 spiro atoms. The Morgan fingerprint density at radius 1 is 1.38 bits per heavy atom. The van der Waals surface area contributed by atoms with Crippen LogP contribution in [0.2, 0.25) is 0 Å². The van der Waals surface area contributed by atoms with Gasteiger partial charge in [0.25, 0.3) is 0 Å². The fourth-order valence-corrected chi connectivity index (χ4v) is 3.23. The van der Waals surface area contributed by atoms with Gasteiger partial charge < -0.3 is 9.84 Å². The fraction of sp³-hybridized carbons (Fsp3) is 0.647. The van der Waals surface area contributed by atoms with Crippen LogP contribution < -0.4 is 4.74 Å². The number of aryl methyl sites for hydroxylation is 1. The smallest absolute Gasteiger partial charge is 0.337 e. The molecule has 0 radical (unpaired) electrons. The maximum Gasteiger partial charge on any atom is 0.337 e. The van der Waals surface area contributed by atoms with Crippen molar-refractivity contribution < 1.29 is 14.6 Å². The van der Waals surface area contributed by atoms with Crippen molar-refractivity contribution in [1.82, 2.24) is 4.98 Å². The van der Waals surface area contributed by atoms with Crippen molar-refractivity contribution in [3.63, 3.8) is 0 Å². The summed E-state index contributed by atoms with van der Waals surface area (Å²) < 4.78 is 6.11. The van der Waals surface area contributed by atoms with Crippen molar-refractivity contribution in [2.24, 2.45) is 17.8 Å². The lowest BCUT2D eigenvalue weighted by Gasteiger charge is -2.37. The molecular weight excluding hydrogens is 266 g/mol. The zero-order chi connectivity index (χ0) is 15.6. The number of carbonyl (C=O) groups is 1. The Morgan fingerprint density at radius 2 is 2.10 bits per heavy atom. The summed E-state index contributed by atoms with van der Waals surface area (Å²) in [5, 5.41) is 9.05. The molecule has 1 aromatic heterocycles. The highest BCUT2D eigenvalue weighted by molar-refractivity contribution is 5.88. The molecule has 116 valence electrons. The number of aromatic nitrogens is 1. The predicted molar refractivity (Wildman–Crippen MR) is 81.7 cm³/mol. The van der Waals surface area contributed by atoms with Gasteiger partial charge >= 0.3 is 5.97 Å². The SMILES string of the molecule is Cc1nc(OC2CC(C)CCC2C(C)C)ccc1C(=O)O. The molecule has 1 fully saturated rings. The highest BCUT2D eigenvalue weighted by Crippen LogP contribution is 2.35. The first kappa shape index (κ1) is 15.8. The summed E-state index contributed by atoms with van der Waals surface area (Å²) in [6, 6.07) is 3.25. The Morgan fingerprint density at radius 3 is 2.67 bits per heavy atom. The molecule has 1 aliphatic rings. The normalized spacial score (nSPS) is 25.9. The Hall–Kier alpha value is -1.58. The first-order valence-corrected chi connectivity index (χ1v) is 7.76. The van der Waals surface area contributed by atoms with E-state index in [0.29, 0.717) is 29.3 Å². The first-order valence-electron chi connectivity index (χ1n) is 7.76. The molecule has 1 aliphatic carbocycles. The Labute approximate surface area is 126 Å². The molecule has 21 heavy (non-hydrogen) atoms. The Kier molecular flexibility index (Phi) is 4.86. The summed E-state index contributed by atoms with van der Waals surface area (Å²) in [5.74, 6) is 1.40. The Bertz CT molecular complexity index is 513. The number of hydrogen-bond acceptors (Lipinski definition) is 3. The molecule has 1 heterocycles. The van der Waals surface area contributed by atoms with E-state index in [9.17, 15) is 4.79 Å². The first-order chi connectivity index (χ1) is 9.88. The molecule has 1 N–H and O–H groups in total. The molecule has 4 nitrogen and oxygen atoms in total. The van der Waals surface area contributed by atoms with Crippen LogP contribution in [0.5, 0.6) is 5.88 Å². The van der Waals surface area contributed by atoms with Crippen molar-refractivity contribution in [2.45, 2.75) is 53.1 Å². The summed E-state index contributed by atoms with van der Waals surface area (Å²) in [5.41, 5.74) is 0.740. The van der Waals surface area contributed by atoms with E-state index in [-0.39, 0.29) is 11.7 Å². The van der Waals surface area contributed by atoms with E-state index in [4.69, 9.17) is 9.84 Å². The fourth-order valence-electron chi connectivity index (χ4n) is 3.23.